The van der Waals surface area contributed by atoms with Crippen molar-refractivity contribution in [2.45, 2.75) is 43.9 Å². The predicted octanol–water partition coefficient (Wildman–Crippen LogP) is 2.28. The lowest BCUT2D eigenvalue weighted by atomic mass is 10.1. The molecule has 2 saturated heterocycles. The van der Waals surface area contributed by atoms with Gasteiger partial charge in [-0.15, -0.1) is 11.3 Å². The number of nitrogens with one attached hydrogen (secondary N) is 1. The molecule has 2 amide bonds. The number of hydrogen-bond acceptors (Lipinski definition) is 6. The van der Waals surface area contributed by atoms with Crippen molar-refractivity contribution in [2.75, 3.05) is 13.2 Å². The van der Waals surface area contributed by atoms with Crippen molar-refractivity contribution in [3.63, 3.8) is 0 Å². The molecule has 2 aliphatic heterocycles. The van der Waals surface area contributed by atoms with Crippen molar-refractivity contribution in [2.24, 2.45) is 5.92 Å². The van der Waals surface area contributed by atoms with Crippen LogP contribution in [0.4, 0.5) is 0 Å². The number of amides is 2. The Morgan fingerprint density at radius 2 is 2.03 bits per heavy atom. The highest BCUT2D eigenvalue weighted by Crippen LogP contribution is 2.35. The molecule has 1 aromatic heterocycles. The maximum atomic E-state index is 13.3. The van der Waals surface area contributed by atoms with Crippen LogP contribution >= 0.6 is 11.3 Å². The van der Waals surface area contributed by atoms with Gasteiger partial charge in [-0.2, -0.15) is 0 Å². The van der Waals surface area contributed by atoms with Crippen LogP contribution in [0.3, 0.4) is 0 Å². The number of ketones is 1. The molecule has 5 rings (SSSR count). The first-order valence-corrected chi connectivity index (χ1v) is 11.2. The van der Waals surface area contributed by atoms with E-state index >= 15 is 0 Å². The number of ether oxygens (including phenoxy) is 1. The minimum atomic E-state index is -0.640. The van der Waals surface area contributed by atoms with Crippen LogP contribution in [0.2, 0.25) is 0 Å². The third-order valence-corrected chi connectivity index (χ3v) is 6.91. The van der Waals surface area contributed by atoms with Crippen molar-refractivity contribution in [1.29, 1.82) is 0 Å². The lowest BCUT2D eigenvalue weighted by Crippen LogP contribution is -2.52. The van der Waals surface area contributed by atoms with E-state index in [1.54, 1.807) is 10.3 Å². The summed E-state index contributed by atoms with van der Waals surface area (Å²) in [6, 6.07) is 8.55. The maximum Gasteiger partial charge on any atom is 0.271 e. The van der Waals surface area contributed by atoms with Gasteiger partial charge in [-0.25, -0.2) is 4.98 Å². The Balaban J connectivity index is 1.31. The second-order valence-electron chi connectivity index (χ2n) is 8.19. The normalized spacial score (nSPS) is 24.0. The van der Waals surface area contributed by atoms with E-state index in [4.69, 9.17) is 4.74 Å². The number of carbonyl (C=O) groups is 3. The summed E-state index contributed by atoms with van der Waals surface area (Å²) in [6.45, 7) is 0.561. The number of Topliss-reactive ketones (excluding diaryl/α,β-unsaturated/α-hetero) is 1. The first kappa shape index (κ1) is 19.4. The van der Waals surface area contributed by atoms with E-state index < -0.39 is 12.1 Å². The maximum absolute atomic E-state index is 13.3. The van der Waals surface area contributed by atoms with Crippen molar-refractivity contribution in [1.82, 2.24) is 15.2 Å². The van der Waals surface area contributed by atoms with Crippen molar-refractivity contribution >= 4 is 28.9 Å². The van der Waals surface area contributed by atoms with Crippen molar-refractivity contribution in [3.05, 3.63) is 41.4 Å². The summed E-state index contributed by atoms with van der Waals surface area (Å²) in [6.07, 6.45) is 3.21. The van der Waals surface area contributed by atoms with Crippen LogP contribution in [0.25, 0.3) is 10.6 Å². The van der Waals surface area contributed by atoms with Gasteiger partial charge in [0.2, 0.25) is 5.91 Å². The van der Waals surface area contributed by atoms with Gasteiger partial charge in [-0.3, -0.25) is 14.4 Å². The number of aromatic nitrogens is 1. The summed E-state index contributed by atoms with van der Waals surface area (Å²) in [5.41, 5.74) is 1.27. The molecule has 30 heavy (non-hydrogen) atoms. The van der Waals surface area contributed by atoms with Crippen LogP contribution in [0, 0.1) is 5.92 Å². The average Bonchev–Trinajstić information content (AvgIpc) is 3.16. The van der Waals surface area contributed by atoms with E-state index in [-0.39, 0.29) is 30.3 Å². The molecule has 3 heterocycles. The molecule has 7 nitrogen and oxygen atoms in total. The predicted molar refractivity (Wildman–Crippen MR) is 111 cm³/mol. The number of thiazole rings is 1. The second kappa shape index (κ2) is 7.92. The first-order chi connectivity index (χ1) is 14.6. The first-order valence-electron chi connectivity index (χ1n) is 10.4. The quantitative estimate of drug-likeness (QED) is 0.767. The number of fused-ring (bicyclic) bond motifs is 1. The Morgan fingerprint density at radius 3 is 2.80 bits per heavy atom. The third kappa shape index (κ3) is 3.77. The van der Waals surface area contributed by atoms with Crippen LogP contribution in [0.5, 0.6) is 0 Å². The molecule has 0 radical (unpaired) electrons. The van der Waals surface area contributed by atoms with Gasteiger partial charge < -0.3 is 15.0 Å². The lowest BCUT2D eigenvalue weighted by molar-refractivity contribution is -0.138. The molecule has 3 unspecified atom stereocenters. The molecule has 3 atom stereocenters. The molecule has 156 valence electrons. The summed E-state index contributed by atoms with van der Waals surface area (Å²) in [5.74, 6) is -0.130. The van der Waals surface area contributed by atoms with E-state index in [9.17, 15) is 14.4 Å². The van der Waals surface area contributed by atoms with Crippen LogP contribution in [0.15, 0.2) is 35.7 Å². The van der Waals surface area contributed by atoms with Gasteiger partial charge in [0.25, 0.3) is 5.91 Å². The summed E-state index contributed by atoms with van der Waals surface area (Å²) >= 11 is 1.40. The zero-order chi connectivity index (χ0) is 20.7. The molecule has 1 saturated carbocycles. The molecule has 0 bridgehead atoms. The number of benzene rings is 1. The number of likely N-dealkylation sites (tertiary alicyclic amines) is 1. The molecule has 0 spiro atoms. The minimum Gasteiger partial charge on any atom is -0.368 e. The highest BCUT2D eigenvalue weighted by atomic mass is 32.1. The molecule has 1 aliphatic carbocycles. The fraction of sp³-hybridized carbons (Fsp3) is 0.455. The molecule has 1 N–H and O–H groups in total. The van der Waals surface area contributed by atoms with Gasteiger partial charge >= 0.3 is 0 Å². The van der Waals surface area contributed by atoms with Crippen molar-refractivity contribution < 1.29 is 19.1 Å². The zero-order valence-electron chi connectivity index (χ0n) is 16.5. The second-order valence-corrected chi connectivity index (χ2v) is 9.05. The number of nitrogens with zero attached hydrogens (tertiary/aromatic N) is 2. The Hall–Kier alpha value is -2.58. The van der Waals surface area contributed by atoms with Crippen molar-refractivity contribution in [3.8, 4) is 10.6 Å². The fourth-order valence-corrected chi connectivity index (χ4v) is 5.08. The molecule has 8 heteroatoms. The number of hydrogen-bond donors (Lipinski definition) is 1. The Labute approximate surface area is 178 Å². The van der Waals surface area contributed by atoms with Gasteiger partial charge in [0.1, 0.15) is 29.4 Å². The molecule has 2 aromatic rings. The highest BCUT2D eigenvalue weighted by Gasteiger charge is 2.48. The molecule has 3 aliphatic rings. The summed E-state index contributed by atoms with van der Waals surface area (Å²) < 4.78 is 5.50. The largest absolute Gasteiger partial charge is 0.368 e. The number of carbonyl (C=O) groups excluding carboxylic acids is 3. The van der Waals surface area contributed by atoms with Crippen LogP contribution in [0.1, 0.15) is 36.2 Å². The fourth-order valence-electron chi connectivity index (χ4n) is 4.27. The topological polar surface area (TPSA) is 88.6 Å². The summed E-state index contributed by atoms with van der Waals surface area (Å²) in [7, 11) is 0. The Kier molecular flexibility index (Phi) is 5.12. The average molecular weight is 426 g/mol. The number of rotatable bonds is 6. The summed E-state index contributed by atoms with van der Waals surface area (Å²) in [4.78, 5) is 44.4. The van der Waals surface area contributed by atoms with Gasteiger partial charge in [-0.05, 0) is 18.8 Å². The van der Waals surface area contributed by atoms with Gasteiger partial charge in [0, 0.05) is 17.5 Å². The van der Waals surface area contributed by atoms with Gasteiger partial charge in [0.05, 0.1) is 6.10 Å². The summed E-state index contributed by atoms with van der Waals surface area (Å²) in [5, 5.41) is 5.39. The third-order valence-electron chi connectivity index (χ3n) is 6.02. The SMILES string of the molecule is O=C(NC(CC1CC1)C(=O)N1CCC2OCC(=O)C21)c1csc(-c2ccccc2)n1. The van der Waals surface area contributed by atoms with E-state index in [0.29, 0.717) is 31.0 Å². The minimum absolute atomic E-state index is 0.0469. The van der Waals surface area contributed by atoms with Crippen LogP contribution in [-0.2, 0) is 14.3 Å². The monoisotopic (exact) mass is 425 g/mol. The zero-order valence-corrected chi connectivity index (χ0v) is 17.3. The highest BCUT2D eigenvalue weighted by molar-refractivity contribution is 7.13. The van der Waals surface area contributed by atoms with Crippen LogP contribution in [-0.4, -0.2) is 58.8 Å². The van der Waals surface area contributed by atoms with E-state index in [2.05, 4.69) is 10.3 Å². The van der Waals surface area contributed by atoms with Gasteiger partial charge in [0.15, 0.2) is 5.78 Å². The van der Waals surface area contributed by atoms with Gasteiger partial charge in [-0.1, -0.05) is 43.2 Å². The standard InChI is InChI=1S/C22H23N3O4S/c26-17-11-29-18-8-9-25(19(17)18)22(28)15(10-13-6-7-13)23-20(27)16-12-30-21(24-16)14-4-2-1-3-5-14/h1-5,12-13,15,18-19H,6-11H2,(H,23,27). The van der Waals surface area contributed by atoms with Crippen LogP contribution < -0.4 is 5.32 Å². The van der Waals surface area contributed by atoms with E-state index in [1.807, 2.05) is 30.3 Å². The lowest BCUT2D eigenvalue weighted by Gasteiger charge is -2.27. The molecular weight excluding hydrogens is 402 g/mol. The molecule has 3 fully saturated rings. The molecule has 1 aromatic carbocycles. The Morgan fingerprint density at radius 1 is 1.23 bits per heavy atom. The molecular formula is C22H23N3O4S. The smallest absolute Gasteiger partial charge is 0.271 e. The van der Waals surface area contributed by atoms with E-state index in [1.165, 1.54) is 11.3 Å². The van der Waals surface area contributed by atoms with E-state index in [0.717, 1.165) is 23.4 Å². The Bertz CT molecular complexity index is 972.